The van der Waals surface area contributed by atoms with Gasteiger partial charge in [0.15, 0.2) is 5.76 Å². The van der Waals surface area contributed by atoms with Crippen LogP contribution in [-0.4, -0.2) is 32.8 Å². The number of aliphatic carboxylic acids is 1. The van der Waals surface area contributed by atoms with Gasteiger partial charge in [0.2, 0.25) is 0 Å². The summed E-state index contributed by atoms with van der Waals surface area (Å²) >= 11 is 0. The van der Waals surface area contributed by atoms with Gasteiger partial charge in [-0.1, -0.05) is 12.1 Å². The SMILES string of the molecule is COC1=C(C(=O)[O-])N(C)S(=O)(=O)c2ccccc21. The molecule has 96 valence electrons. The molecule has 0 N–H and O–H groups in total. The molecule has 0 spiro atoms. The van der Waals surface area contributed by atoms with Gasteiger partial charge in [-0.25, -0.2) is 8.42 Å². The van der Waals surface area contributed by atoms with Crippen LogP contribution in [0.2, 0.25) is 0 Å². The van der Waals surface area contributed by atoms with Gasteiger partial charge < -0.3 is 14.6 Å². The van der Waals surface area contributed by atoms with Crippen molar-refractivity contribution in [3.05, 3.63) is 35.5 Å². The highest BCUT2D eigenvalue weighted by Crippen LogP contribution is 2.35. The molecule has 1 aromatic rings. The van der Waals surface area contributed by atoms with E-state index in [1.54, 1.807) is 12.1 Å². The zero-order valence-electron chi connectivity index (χ0n) is 9.71. The predicted octanol–water partition coefficient (Wildman–Crippen LogP) is -0.614. The van der Waals surface area contributed by atoms with E-state index < -0.39 is 21.7 Å². The van der Waals surface area contributed by atoms with Crippen LogP contribution in [0.15, 0.2) is 34.9 Å². The Labute approximate surface area is 104 Å². The van der Waals surface area contributed by atoms with Gasteiger partial charge in [-0.15, -0.1) is 0 Å². The van der Waals surface area contributed by atoms with Crippen molar-refractivity contribution in [2.24, 2.45) is 0 Å². The number of sulfonamides is 1. The molecule has 0 aliphatic carbocycles. The third-order valence-electron chi connectivity index (χ3n) is 2.70. The zero-order valence-corrected chi connectivity index (χ0v) is 10.5. The number of carbonyl (C=O) groups excluding carboxylic acids is 1. The lowest BCUT2D eigenvalue weighted by molar-refractivity contribution is -0.300. The maximum atomic E-state index is 12.1. The lowest BCUT2D eigenvalue weighted by Gasteiger charge is -2.30. The summed E-state index contributed by atoms with van der Waals surface area (Å²) < 4.78 is 29.9. The Morgan fingerprint density at radius 2 is 1.94 bits per heavy atom. The molecule has 0 saturated heterocycles. The van der Waals surface area contributed by atoms with Gasteiger partial charge in [-0.05, 0) is 12.1 Å². The van der Waals surface area contributed by atoms with Gasteiger partial charge in [0.1, 0.15) is 5.70 Å². The number of nitrogens with zero attached hydrogens (tertiary/aromatic N) is 1. The Hall–Kier alpha value is -2.02. The number of methoxy groups -OCH3 is 1. The highest BCUT2D eigenvalue weighted by molar-refractivity contribution is 7.89. The molecule has 1 aromatic carbocycles. The smallest absolute Gasteiger partial charge is 0.264 e. The summed E-state index contributed by atoms with van der Waals surface area (Å²) in [5, 5.41) is 11.1. The molecule has 1 heterocycles. The van der Waals surface area contributed by atoms with E-state index in [2.05, 4.69) is 0 Å². The van der Waals surface area contributed by atoms with Crippen LogP contribution < -0.4 is 5.11 Å². The van der Waals surface area contributed by atoms with E-state index in [4.69, 9.17) is 4.74 Å². The van der Waals surface area contributed by atoms with E-state index in [9.17, 15) is 18.3 Å². The minimum atomic E-state index is -3.88. The summed E-state index contributed by atoms with van der Waals surface area (Å²) in [6.07, 6.45) is 0. The van der Waals surface area contributed by atoms with Gasteiger partial charge in [0.25, 0.3) is 10.0 Å². The topological polar surface area (TPSA) is 86.7 Å². The molecule has 0 bridgehead atoms. The average Bonchev–Trinajstić information content (AvgIpc) is 2.33. The number of hydrogen-bond acceptors (Lipinski definition) is 5. The summed E-state index contributed by atoms with van der Waals surface area (Å²) in [7, 11) is -1.46. The molecule has 0 unspecified atom stereocenters. The Morgan fingerprint density at radius 1 is 1.33 bits per heavy atom. The number of ether oxygens (including phenoxy) is 1. The van der Waals surface area contributed by atoms with E-state index in [0.717, 1.165) is 7.05 Å². The number of rotatable bonds is 2. The quantitative estimate of drug-likeness (QED) is 0.714. The van der Waals surface area contributed by atoms with Crippen molar-refractivity contribution in [1.82, 2.24) is 4.31 Å². The molecular weight excluding hydrogens is 258 g/mol. The first-order valence-electron chi connectivity index (χ1n) is 4.99. The van der Waals surface area contributed by atoms with Crippen molar-refractivity contribution in [3.63, 3.8) is 0 Å². The molecule has 18 heavy (non-hydrogen) atoms. The van der Waals surface area contributed by atoms with Crippen LogP contribution in [-0.2, 0) is 19.6 Å². The number of fused-ring (bicyclic) bond motifs is 1. The average molecular weight is 268 g/mol. The van der Waals surface area contributed by atoms with Crippen LogP contribution in [0.3, 0.4) is 0 Å². The van der Waals surface area contributed by atoms with Gasteiger partial charge in [0.05, 0.1) is 18.0 Å². The summed E-state index contributed by atoms with van der Waals surface area (Å²) in [4.78, 5) is 11.1. The number of hydrogen-bond donors (Lipinski definition) is 0. The highest BCUT2D eigenvalue weighted by Gasteiger charge is 2.35. The fraction of sp³-hybridized carbons (Fsp3) is 0.182. The third kappa shape index (κ3) is 1.55. The second kappa shape index (κ2) is 4.02. The lowest BCUT2D eigenvalue weighted by Crippen LogP contribution is -2.40. The van der Waals surface area contributed by atoms with Gasteiger partial charge in [-0.2, -0.15) is 0 Å². The van der Waals surface area contributed by atoms with Crippen LogP contribution in [0.4, 0.5) is 0 Å². The summed E-state index contributed by atoms with van der Waals surface area (Å²) in [6.45, 7) is 0. The van der Waals surface area contributed by atoms with Gasteiger partial charge >= 0.3 is 0 Å². The molecule has 0 fully saturated rings. The summed E-state index contributed by atoms with van der Waals surface area (Å²) in [5.41, 5.74) is -0.284. The number of carboxylic acids is 1. The van der Waals surface area contributed by atoms with E-state index >= 15 is 0 Å². The Balaban J connectivity index is 2.88. The number of likely N-dealkylation sites (N-methyl/N-ethyl adjacent to an activating group) is 1. The second-order valence-electron chi connectivity index (χ2n) is 3.64. The third-order valence-corrected chi connectivity index (χ3v) is 4.51. The maximum absolute atomic E-state index is 12.1. The van der Waals surface area contributed by atoms with Gasteiger partial charge in [-0.3, -0.25) is 4.31 Å². The van der Waals surface area contributed by atoms with Gasteiger partial charge in [0, 0.05) is 12.6 Å². The van der Waals surface area contributed by atoms with Crippen molar-refractivity contribution in [3.8, 4) is 0 Å². The predicted molar refractivity (Wildman–Crippen MR) is 60.3 cm³/mol. The first kappa shape index (κ1) is 12.4. The summed E-state index contributed by atoms with van der Waals surface area (Å²) in [6, 6.07) is 6.04. The monoisotopic (exact) mass is 268 g/mol. The van der Waals surface area contributed by atoms with Crippen molar-refractivity contribution < 1.29 is 23.1 Å². The van der Waals surface area contributed by atoms with Crippen molar-refractivity contribution in [2.45, 2.75) is 4.90 Å². The van der Waals surface area contributed by atoms with Crippen molar-refractivity contribution in [2.75, 3.05) is 14.2 Å². The molecule has 0 atom stereocenters. The molecule has 0 amide bonds. The first-order chi connectivity index (χ1) is 8.41. The minimum Gasteiger partial charge on any atom is -0.543 e. The largest absolute Gasteiger partial charge is 0.543 e. The van der Waals surface area contributed by atoms with Crippen LogP contribution >= 0.6 is 0 Å². The molecular formula is C11H10NO5S-. The Kier molecular flexibility index (Phi) is 2.78. The molecule has 7 heteroatoms. The summed E-state index contributed by atoms with van der Waals surface area (Å²) in [5.74, 6) is -1.63. The fourth-order valence-corrected chi connectivity index (χ4v) is 3.23. The molecule has 2 rings (SSSR count). The lowest BCUT2D eigenvalue weighted by atomic mass is 10.1. The number of carboxylic acid groups (broad SMARTS) is 1. The van der Waals surface area contributed by atoms with Crippen LogP contribution in [0, 0.1) is 0 Å². The van der Waals surface area contributed by atoms with Crippen LogP contribution in [0.25, 0.3) is 5.76 Å². The van der Waals surface area contributed by atoms with E-state index in [-0.39, 0.29) is 16.2 Å². The highest BCUT2D eigenvalue weighted by atomic mass is 32.2. The molecule has 1 aliphatic heterocycles. The van der Waals surface area contributed by atoms with Crippen LogP contribution in [0.5, 0.6) is 0 Å². The molecule has 0 aromatic heterocycles. The van der Waals surface area contributed by atoms with Crippen molar-refractivity contribution in [1.29, 1.82) is 0 Å². The minimum absolute atomic E-state index is 0.00866. The normalized spacial score (nSPS) is 17.3. The maximum Gasteiger partial charge on any atom is 0.264 e. The standard InChI is InChI=1S/C11H11NO5S/c1-12-9(11(13)14)10(17-2)7-5-3-4-6-8(7)18(12,15)16/h3-6H,1-2H3,(H,13,14)/p-1. The Morgan fingerprint density at radius 3 is 2.50 bits per heavy atom. The molecule has 1 aliphatic rings. The molecule has 6 nitrogen and oxygen atoms in total. The number of carbonyl (C=O) groups is 1. The number of benzene rings is 1. The second-order valence-corrected chi connectivity index (χ2v) is 5.58. The van der Waals surface area contributed by atoms with E-state index in [1.807, 2.05) is 0 Å². The molecule has 0 saturated carbocycles. The zero-order chi connectivity index (χ0) is 13.5. The van der Waals surface area contributed by atoms with E-state index in [1.165, 1.54) is 19.2 Å². The molecule has 0 radical (unpaired) electrons. The first-order valence-corrected chi connectivity index (χ1v) is 6.43. The van der Waals surface area contributed by atoms with E-state index in [0.29, 0.717) is 4.31 Å². The fourth-order valence-electron chi connectivity index (χ4n) is 1.85. The van der Waals surface area contributed by atoms with Crippen LogP contribution in [0.1, 0.15) is 5.56 Å². The van der Waals surface area contributed by atoms with Crippen molar-refractivity contribution >= 4 is 21.8 Å². The Bertz CT molecular complexity index is 647.